The van der Waals surface area contributed by atoms with E-state index in [1.807, 2.05) is 30.3 Å². The predicted molar refractivity (Wildman–Crippen MR) is 111 cm³/mol. The molecule has 4 rings (SSSR count). The summed E-state index contributed by atoms with van der Waals surface area (Å²) in [6.45, 7) is 2.06. The maximum Gasteiger partial charge on any atom is 0.573 e. The second-order valence-electron chi connectivity index (χ2n) is 7.26. The summed E-state index contributed by atoms with van der Waals surface area (Å²) in [5.74, 6) is -5.52. The van der Waals surface area contributed by atoms with E-state index in [1.54, 1.807) is 6.07 Å². The molecule has 0 aliphatic rings. The maximum absolute atomic E-state index is 14.8. The molecule has 32 heavy (non-hydrogen) atoms. The minimum absolute atomic E-state index is 0.154. The van der Waals surface area contributed by atoms with Gasteiger partial charge in [0.15, 0.2) is 11.6 Å². The molecule has 0 fully saturated rings. The summed E-state index contributed by atoms with van der Waals surface area (Å²) >= 11 is 0. The number of alkyl halides is 3. The number of hydrogen-bond donors (Lipinski definition) is 0. The van der Waals surface area contributed by atoms with Crippen LogP contribution in [0.1, 0.15) is 12.5 Å². The van der Waals surface area contributed by atoms with E-state index in [0.717, 1.165) is 22.8 Å². The van der Waals surface area contributed by atoms with Crippen LogP contribution >= 0.6 is 0 Å². The van der Waals surface area contributed by atoms with E-state index in [2.05, 4.69) is 17.7 Å². The van der Waals surface area contributed by atoms with Crippen LogP contribution in [0.3, 0.4) is 0 Å². The highest BCUT2D eigenvalue weighted by Gasteiger charge is 2.34. The Kier molecular flexibility index (Phi) is 5.59. The number of benzene rings is 4. The van der Waals surface area contributed by atoms with Crippen LogP contribution in [0.5, 0.6) is 5.75 Å². The molecule has 164 valence electrons. The Morgan fingerprint density at radius 1 is 0.656 bits per heavy atom. The Labute approximate surface area is 179 Å². The summed E-state index contributed by atoms with van der Waals surface area (Å²) in [5.41, 5.74) is 2.10. The van der Waals surface area contributed by atoms with Gasteiger partial charge in [0.1, 0.15) is 5.82 Å². The molecule has 0 amide bonds. The Hall–Kier alpha value is -3.48. The smallest absolute Gasteiger partial charge is 0.399 e. The molecule has 0 heterocycles. The second-order valence-corrected chi connectivity index (χ2v) is 7.26. The van der Waals surface area contributed by atoms with Gasteiger partial charge in [-0.1, -0.05) is 49.4 Å². The Balaban J connectivity index is 1.69. The number of rotatable bonds is 4. The fraction of sp³-hybridized carbons (Fsp3) is 0.120. The first-order chi connectivity index (χ1) is 15.1. The van der Waals surface area contributed by atoms with Crippen molar-refractivity contribution in [3.05, 3.63) is 89.7 Å². The summed E-state index contributed by atoms with van der Waals surface area (Å²) < 4.78 is 83.2. The molecule has 0 saturated carbocycles. The average Bonchev–Trinajstić information content (AvgIpc) is 2.74. The number of halogens is 6. The monoisotopic (exact) mass is 446 g/mol. The number of ether oxygens (including phenoxy) is 1. The van der Waals surface area contributed by atoms with Crippen molar-refractivity contribution in [3.63, 3.8) is 0 Å². The molecule has 0 atom stereocenters. The molecule has 7 heteroatoms. The van der Waals surface area contributed by atoms with Crippen LogP contribution in [0.2, 0.25) is 0 Å². The quantitative estimate of drug-likeness (QED) is 0.288. The van der Waals surface area contributed by atoms with E-state index >= 15 is 0 Å². The summed E-state index contributed by atoms with van der Waals surface area (Å²) in [6, 6.07) is 17.1. The number of fused-ring (bicyclic) bond motifs is 1. The zero-order chi connectivity index (χ0) is 23.0. The van der Waals surface area contributed by atoms with Crippen molar-refractivity contribution in [2.75, 3.05) is 0 Å². The Morgan fingerprint density at radius 3 is 1.84 bits per heavy atom. The van der Waals surface area contributed by atoms with Crippen LogP contribution in [0, 0.1) is 17.5 Å². The van der Waals surface area contributed by atoms with Crippen LogP contribution in [-0.2, 0) is 6.42 Å². The van der Waals surface area contributed by atoms with Crippen LogP contribution in [-0.4, -0.2) is 6.36 Å². The molecular formula is C25H16F6O. The highest BCUT2D eigenvalue weighted by molar-refractivity contribution is 5.88. The van der Waals surface area contributed by atoms with Gasteiger partial charge in [-0.05, 0) is 63.7 Å². The van der Waals surface area contributed by atoms with Crippen molar-refractivity contribution >= 4 is 10.8 Å². The lowest BCUT2D eigenvalue weighted by Crippen LogP contribution is -2.19. The summed E-state index contributed by atoms with van der Waals surface area (Å²) in [4.78, 5) is 0. The molecule has 0 radical (unpaired) electrons. The van der Waals surface area contributed by atoms with E-state index < -0.39 is 29.6 Å². The van der Waals surface area contributed by atoms with Crippen molar-refractivity contribution in [2.24, 2.45) is 0 Å². The second kappa shape index (κ2) is 8.22. The standard InChI is InChI=1S/C25H16F6O/c1-2-14-3-4-16-10-17(6-5-15(16)9-14)18-7-8-20(21(26)11-18)19-12-22(27)24(23(28)13-19)32-25(29,30)31/h3-13H,2H2,1H3. The van der Waals surface area contributed by atoms with E-state index in [0.29, 0.717) is 17.7 Å². The molecule has 0 N–H and O–H groups in total. The maximum atomic E-state index is 14.8. The van der Waals surface area contributed by atoms with Gasteiger partial charge < -0.3 is 4.74 Å². The zero-order valence-corrected chi connectivity index (χ0v) is 16.7. The average molecular weight is 446 g/mol. The summed E-state index contributed by atoms with van der Waals surface area (Å²) in [5, 5.41) is 2.03. The molecule has 0 saturated heterocycles. The first-order valence-electron chi connectivity index (χ1n) is 9.72. The van der Waals surface area contributed by atoms with Gasteiger partial charge in [-0.3, -0.25) is 0 Å². The first kappa shape index (κ1) is 21.7. The summed E-state index contributed by atoms with van der Waals surface area (Å²) in [6.07, 6.45) is -4.34. The Bertz CT molecular complexity index is 1290. The fourth-order valence-corrected chi connectivity index (χ4v) is 3.55. The third-order valence-electron chi connectivity index (χ3n) is 5.14. The number of aryl methyl sites for hydroxylation is 1. The minimum atomic E-state index is -5.26. The van der Waals surface area contributed by atoms with E-state index in [9.17, 15) is 26.3 Å². The zero-order valence-electron chi connectivity index (χ0n) is 16.7. The van der Waals surface area contributed by atoms with Gasteiger partial charge in [0.25, 0.3) is 0 Å². The van der Waals surface area contributed by atoms with E-state index in [-0.39, 0.29) is 11.1 Å². The molecule has 4 aromatic carbocycles. The number of hydrogen-bond acceptors (Lipinski definition) is 1. The normalized spacial score (nSPS) is 11.7. The van der Waals surface area contributed by atoms with Gasteiger partial charge in [0, 0.05) is 5.56 Å². The molecule has 0 spiro atoms. The van der Waals surface area contributed by atoms with Crippen molar-refractivity contribution in [3.8, 4) is 28.0 Å². The van der Waals surface area contributed by atoms with Crippen LogP contribution in [0.25, 0.3) is 33.0 Å². The summed E-state index contributed by atoms with van der Waals surface area (Å²) in [7, 11) is 0. The molecule has 0 aromatic heterocycles. The molecule has 4 aromatic rings. The van der Waals surface area contributed by atoms with Crippen molar-refractivity contribution in [1.82, 2.24) is 0 Å². The highest BCUT2D eigenvalue weighted by atomic mass is 19.4. The van der Waals surface area contributed by atoms with Gasteiger partial charge in [0.05, 0.1) is 0 Å². The fourth-order valence-electron chi connectivity index (χ4n) is 3.55. The predicted octanol–water partition coefficient (Wildman–Crippen LogP) is 8.05. The first-order valence-corrected chi connectivity index (χ1v) is 9.72. The highest BCUT2D eigenvalue weighted by Crippen LogP contribution is 2.35. The molecular weight excluding hydrogens is 430 g/mol. The molecule has 0 aliphatic heterocycles. The lowest BCUT2D eigenvalue weighted by atomic mass is 9.97. The van der Waals surface area contributed by atoms with Gasteiger partial charge in [0.2, 0.25) is 5.75 Å². The van der Waals surface area contributed by atoms with Gasteiger partial charge >= 0.3 is 6.36 Å². The largest absolute Gasteiger partial charge is 0.573 e. The molecule has 0 unspecified atom stereocenters. The third-order valence-corrected chi connectivity index (χ3v) is 5.14. The minimum Gasteiger partial charge on any atom is -0.399 e. The lowest BCUT2D eigenvalue weighted by Gasteiger charge is -2.13. The SMILES string of the molecule is CCc1ccc2cc(-c3ccc(-c4cc(F)c(OC(F)(F)F)c(F)c4)c(F)c3)ccc2c1. The van der Waals surface area contributed by atoms with Crippen molar-refractivity contribution in [1.29, 1.82) is 0 Å². The topological polar surface area (TPSA) is 9.23 Å². The van der Waals surface area contributed by atoms with Crippen molar-refractivity contribution in [2.45, 2.75) is 19.7 Å². The van der Waals surface area contributed by atoms with Crippen LogP contribution in [0.4, 0.5) is 26.3 Å². The lowest BCUT2D eigenvalue weighted by molar-refractivity contribution is -0.276. The molecule has 0 aliphatic carbocycles. The van der Waals surface area contributed by atoms with Crippen molar-refractivity contribution < 1.29 is 31.1 Å². The van der Waals surface area contributed by atoms with E-state index in [1.165, 1.54) is 17.7 Å². The van der Waals surface area contributed by atoms with Crippen LogP contribution in [0.15, 0.2) is 66.7 Å². The molecule has 0 bridgehead atoms. The van der Waals surface area contributed by atoms with Gasteiger partial charge in [-0.2, -0.15) is 0 Å². The van der Waals surface area contributed by atoms with E-state index in [4.69, 9.17) is 0 Å². The Morgan fingerprint density at radius 2 is 1.22 bits per heavy atom. The van der Waals surface area contributed by atoms with Gasteiger partial charge in [-0.15, -0.1) is 13.2 Å². The van der Waals surface area contributed by atoms with Crippen LogP contribution < -0.4 is 4.74 Å². The third kappa shape index (κ3) is 4.42. The molecule has 1 nitrogen and oxygen atoms in total. The van der Waals surface area contributed by atoms with Gasteiger partial charge in [-0.25, -0.2) is 13.2 Å².